The Labute approximate surface area is 136 Å². The predicted octanol–water partition coefficient (Wildman–Crippen LogP) is 2.72. The lowest BCUT2D eigenvalue weighted by molar-refractivity contribution is 0.0665. The molecule has 2 N–H and O–H groups in total. The topological polar surface area (TPSA) is 75.6 Å². The number of carbonyl (C=O) groups is 1. The second kappa shape index (κ2) is 7.03. The zero-order valence-electron chi connectivity index (χ0n) is 12.6. The highest BCUT2D eigenvalue weighted by Gasteiger charge is 2.21. The van der Waals surface area contributed by atoms with Gasteiger partial charge in [0.05, 0.1) is 6.04 Å². The largest absolute Gasteiger partial charge is 0.343 e. The van der Waals surface area contributed by atoms with Gasteiger partial charge in [0, 0.05) is 25.0 Å². The Morgan fingerprint density at radius 1 is 1.21 bits per heavy atom. The van der Waals surface area contributed by atoms with E-state index in [0.717, 1.165) is 10.1 Å². The maximum Gasteiger partial charge on any atom is 0.319 e. The molecule has 0 spiro atoms. The zero-order chi connectivity index (χ0) is 16.9. The van der Waals surface area contributed by atoms with Crippen molar-refractivity contribution in [2.24, 2.45) is 0 Å². The van der Waals surface area contributed by atoms with E-state index in [1.54, 1.807) is 0 Å². The number of nitrogens with zero attached hydrogens (tertiary/aromatic N) is 3. The molecule has 3 aromatic rings. The fourth-order valence-corrected chi connectivity index (χ4v) is 2.42. The summed E-state index contributed by atoms with van der Waals surface area (Å²) in [6, 6.07) is 10.2. The van der Waals surface area contributed by atoms with Crippen LogP contribution in [0.25, 0.3) is 0 Å². The van der Waals surface area contributed by atoms with Crippen LogP contribution in [0.1, 0.15) is 34.5 Å². The highest BCUT2D eigenvalue weighted by atomic mass is 19.3. The zero-order valence-corrected chi connectivity index (χ0v) is 12.6. The smallest absolute Gasteiger partial charge is 0.319 e. The molecule has 3 rings (SSSR count). The van der Waals surface area contributed by atoms with E-state index in [1.807, 2.05) is 30.3 Å². The summed E-state index contributed by atoms with van der Waals surface area (Å²) in [7, 11) is 0. The molecule has 8 heteroatoms. The number of rotatable bonds is 6. The quantitative estimate of drug-likeness (QED) is 0.729. The molecule has 0 saturated heterocycles. The molecule has 0 aliphatic heterocycles. The number of hydrogen-bond donors (Lipinski definition) is 2. The van der Waals surface area contributed by atoms with Gasteiger partial charge in [0.25, 0.3) is 5.91 Å². The first-order valence-electron chi connectivity index (χ1n) is 7.30. The van der Waals surface area contributed by atoms with Crippen molar-refractivity contribution in [3.63, 3.8) is 0 Å². The molecule has 2 aromatic heterocycles. The molecule has 0 unspecified atom stereocenters. The molecule has 0 fully saturated rings. The van der Waals surface area contributed by atoms with E-state index < -0.39 is 12.6 Å². The lowest BCUT2D eigenvalue weighted by atomic mass is 10.0. The molecular formula is C16H15F2N5O. The first kappa shape index (κ1) is 15.9. The molecule has 124 valence electrons. The first-order valence-corrected chi connectivity index (χ1v) is 7.30. The summed E-state index contributed by atoms with van der Waals surface area (Å²) in [6.45, 7) is -2.68. The maximum atomic E-state index is 13.0. The Kier molecular flexibility index (Phi) is 4.64. The van der Waals surface area contributed by atoms with Crippen molar-refractivity contribution in [3.05, 3.63) is 72.1 Å². The minimum atomic E-state index is -2.68. The van der Waals surface area contributed by atoms with Gasteiger partial charge in [-0.05, 0) is 11.6 Å². The third kappa shape index (κ3) is 3.48. The summed E-state index contributed by atoms with van der Waals surface area (Å²) in [6.07, 6.45) is 4.15. The molecule has 0 bridgehead atoms. The lowest BCUT2D eigenvalue weighted by Crippen LogP contribution is -2.31. The minimum Gasteiger partial charge on any atom is -0.343 e. The average Bonchev–Trinajstić information content (AvgIpc) is 3.26. The first-order chi connectivity index (χ1) is 11.6. The molecule has 1 atom stereocenters. The monoisotopic (exact) mass is 331 g/mol. The Balaban J connectivity index is 1.85. The van der Waals surface area contributed by atoms with Crippen LogP contribution in [-0.4, -0.2) is 25.7 Å². The molecule has 1 aromatic carbocycles. The third-order valence-corrected chi connectivity index (χ3v) is 3.60. The number of aromatic nitrogens is 4. The second-order valence-corrected chi connectivity index (χ2v) is 5.14. The molecule has 2 heterocycles. The van der Waals surface area contributed by atoms with E-state index in [1.165, 1.54) is 24.7 Å². The molecule has 0 saturated carbocycles. The summed E-state index contributed by atoms with van der Waals surface area (Å²) in [4.78, 5) is 16.3. The average molecular weight is 331 g/mol. The summed E-state index contributed by atoms with van der Waals surface area (Å²) in [5.41, 5.74) is 1.10. The number of hydrogen-bond acceptors (Lipinski definition) is 3. The number of H-pyrrole nitrogens is 1. The van der Waals surface area contributed by atoms with Gasteiger partial charge in [-0.2, -0.15) is 13.9 Å². The van der Waals surface area contributed by atoms with Gasteiger partial charge < -0.3 is 5.32 Å². The van der Waals surface area contributed by atoms with Crippen LogP contribution in [0.5, 0.6) is 0 Å². The van der Waals surface area contributed by atoms with Gasteiger partial charge in [-0.25, -0.2) is 4.98 Å². The van der Waals surface area contributed by atoms with E-state index >= 15 is 0 Å². The number of imidazole rings is 1. The summed E-state index contributed by atoms with van der Waals surface area (Å²) in [5, 5.41) is 9.15. The SMILES string of the molecule is O=C(N[C@@H](Cc1nccn1C(F)F)c1ccccc1)c1ccn[nH]1. The van der Waals surface area contributed by atoms with Crippen molar-refractivity contribution in [1.82, 2.24) is 25.1 Å². The van der Waals surface area contributed by atoms with E-state index in [2.05, 4.69) is 20.5 Å². The standard InChI is InChI=1S/C16H15F2N5O/c17-16(18)23-9-8-19-14(23)10-13(11-4-2-1-3-5-11)21-15(24)12-6-7-20-22-12/h1-9,13,16H,10H2,(H,20,22)(H,21,24)/t13-/m0/s1. The Hall–Kier alpha value is -3.03. The summed E-state index contributed by atoms with van der Waals surface area (Å²) in [5.74, 6) is -0.166. The Morgan fingerprint density at radius 3 is 2.67 bits per heavy atom. The van der Waals surface area contributed by atoms with Crippen LogP contribution in [0, 0.1) is 0 Å². The summed E-state index contributed by atoms with van der Waals surface area (Å²) >= 11 is 0. The number of amides is 1. The summed E-state index contributed by atoms with van der Waals surface area (Å²) < 4.78 is 26.8. The van der Waals surface area contributed by atoms with Crippen molar-refractivity contribution in [2.45, 2.75) is 19.0 Å². The Bertz CT molecular complexity index is 786. The number of alkyl halides is 2. The predicted molar refractivity (Wildman–Crippen MR) is 82.4 cm³/mol. The van der Waals surface area contributed by atoms with Crippen LogP contribution in [-0.2, 0) is 6.42 Å². The molecule has 0 aliphatic carbocycles. The van der Waals surface area contributed by atoms with Crippen LogP contribution in [0.2, 0.25) is 0 Å². The van der Waals surface area contributed by atoms with Crippen molar-refractivity contribution in [2.75, 3.05) is 0 Å². The molecular weight excluding hydrogens is 316 g/mol. The fraction of sp³-hybridized carbons (Fsp3) is 0.188. The van der Waals surface area contributed by atoms with Gasteiger partial charge in [-0.1, -0.05) is 30.3 Å². The van der Waals surface area contributed by atoms with Crippen molar-refractivity contribution in [3.8, 4) is 0 Å². The molecule has 0 radical (unpaired) electrons. The maximum absolute atomic E-state index is 13.0. The van der Waals surface area contributed by atoms with Gasteiger partial charge in [-0.15, -0.1) is 0 Å². The van der Waals surface area contributed by atoms with Crippen LogP contribution < -0.4 is 5.32 Å². The van der Waals surface area contributed by atoms with E-state index in [0.29, 0.717) is 5.69 Å². The second-order valence-electron chi connectivity index (χ2n) is 5.14. The van der Waals surface area contributed by atoms with Gasteiger partial charge in [-0.3, -0.25) is 14.5 Å². The highest BCUT2D eigenvalue weighted by Crippen LogP contribution is 2.21. The van der Waals surface area contributed by atoms with E-state index in [-0.39, 0.29) is 18.2 Å². The van der Waals surface area contributed by atoms with Crippen molar-refractivity contribution >= 4 is 5.91 Å². The number of carbonyl (C=O) groups excluding carboxylic acids is 1. The number of aromatic amines is 1. The number of benzene rings is 1. The number of nitrogens with one attached hydrogen (secondary N) is 2. The third-order valence-electron chi connectivity index (χ3n) is 3.60. The van der Waals surface area contributed by atoms with Crippen LogP contribution in [0.4, 0.5) is 8.78 Å². The van der Waals surface area contributed by atoms with Gasteiger partial charge in [0.2, 0.25) is 0 Å². The normalized spacial score (nSPS) is 12.3. The van der Waals surface area contributed by atoms with Crippen LogP contribution in [0.3, 0.4) is 0 Å². The minimum absolute atomic E-state index is 0.140. The van der Waals surface area contributed by atoms with Crippen LogP contribution >= 0.6 is 0 Å². The van der Waals surface area contributed by atoms with Gasteiger partial charge >= 0.3 is 6.55 Å². The van der Waals surface area contributed by atoms with Crippen molar-refractivity contribution < 1.29 is 13.6 Å². The van der Waals surface area contributed by atoms with Crippen molar-refractivity contribution in [1.29, 1.82) is 0 Å². The molecule has 0 aliphatic rings. The Morgan fingerprint density at radius 2 is 2.00 bits per heavy atom. The van der Waals surface area contributed by atoms with Gasteiger partial charge in [0.15, 0.2) is 0 Å². The van der Waals surface area contributed by atoms with Crippen LogP contribution in [0.15, 0.2) is 55.0 Å². The molecule has 6 nitrogen and oxygen atoms in total. The highest BCUT2D eigenvalue weighted by molar-refractivity contribution is 5.92. The fourth-order valence-electron chi connectivity index (χ4n) is 2.42. The molecule has 24 heavy (non-hydrogen) atoms. The molecule has 1 amide bonds. The lowest BCUT2D eigenvalue weighted by Gasteiger charge is -2.19. The van der Waals surface area contributed by atoms with E-state index in [9.17, 15) is 13.6 Å². The number of halogens is 2. The van der Waals surface area contributed by atoms with E-state index in [4.69, 9.17) is 0 Å². The van der Waals surface area contributed by atoms with Gasteiger partial charge in [0.1, 0.15) is 11.5 Å².